The average Bonchev–Trinajstić information content (AvgIpc) is 2.65. The number of nitrogens with zero attached hydrogens (tertiary/aromatic N) is 1. The zero-order valence-electron chi connectivity index (χ0n) is 15.2. The van der Waals surface area contributed by atoms with Crippen molar-refractivity contribution < 1.29 is 19.0 Å². The van der Waals surface area contributed by atoms with E-state index in [2.05, 4.69) is 0 Å². The third-order valence-corrected chi connectivity index (χ3v) is 4.57. The van der Waals surface area contributed by atoms with Crippen LogP contribution in [-0.2, 0) is 16.1 Å². The number of carbonyl (C=O) groups excluding carboxylic acids is 1. The molecule has 1 heterocycles. The van der Waals surface area contributed by atoms with Crippen LogP contribution in [0.25, 0.3) is 0 Å². The van der Waals surface area contributed by atoms with Crippen molar-refractivity contribution in [2.45, 2.75) is 32.4 Å². The summed E-state index contributed by atoms with van der Waals surface area (Å²) in [6, 6.07) is 5.23. The van der Waals surface area contributed by atoms with E-state index < -0.39 is 6.04 Å². The third-order valence-electron chi connectivity index (χ3n) is 4.57. The summed E-state index contributed by atoms with van der Waals surface area (Å²) in [7, 11) is 3.21. The highest BCUT2D eigenvalue weighted by Crippen LogP contribution is 2.28. The number of nitrogens with two attached hydrogens (primary N) is 1. The Hall–Kier alpha value is -1.50. The molecule has 0 radical (unpaired) electrons. The fourth-order valence-corrected chi connectivity index (χ4v) is 3.03. The summed E-state index contributed by atoms with van der Waals surface area (Å²) in [5.74, 6) is 1.53. The Morgan fingerprint density at radius 1 is 1.28 bits per heavy atom. The number of carbonyl (C=O) groups is 1. The fourth-order valence-electron chi connectivity index (χ4n) is 3.03. The van der Waals surface area contributed by atoms with Gasteiger partial charge in [-0.25, -0.2) is 0 Å². The number of likely N-dealkylation sites (N-methyl/N-ethyl adjacent to an activating group) is 1. The van der Waals surface area contributed by atoms with Gasteiger partial charge in [-0.1, -0.05) is 6.07 Å². The van der Waals surface area contributed by atoms with E-state index in [4.69, 9.17) is 19.9 Å². The minimum absolute atomic E-state index is 0. The summed E-state index contributed by atoms with van der Waals surface area (Å²) in [5, 5.41) is 0. The maximum absolute atomic E-state index is 12.8. The topological polar surface area (TPSA) is 74.0 Å². The van der Waals surface area contributed by atoms with Gasteiger partial charge in [-0.05, 0) is 43.4 Å². The molecule has 1 saturated heterocycles. The standard InChI is InChI=1S/C18H28N2O4.ClH/c1-4-20(18(21)17(19)14-7-9-24-10-8-14)12-13-5-6-15(22-2)16(11-13)23-3;/h5-6,11,14,17H,4,7-10,12,19H2,1-3H3;1H. The van der Waals surface area contributed by atoms with Gasteiger partial charge in [0.2, 0.25) is 5.91 Å². The second kappa shape index (κ2) is 10.5. The van der Waals surface area contributed by atoms with E-state index >= 15 is 0 Å². The Morgan fingerprint density at radius 2 is 1.92 bits per heavy atom. The Labute approximate surface area is 156 Å². The van der Waals surface area contributed by atoms with Gasteiger partial charge < -0.3 is 24.8 Å². The second-order valence-electron chi connectivity index (χ2n) is 6.02. The first-order valence-electron chi connectivity index (χ1n) is 8.43. The minimum atomic E-state index is -0.464. The van der Waals surface area contributed by atoms with Gasteiger partial charge in [0, 0.05) is 26.3 Å². The molecular formula is C18H29ClN2O4. The minimum Gasteiger partial charge on any atom is -0.493 e. The quantitative estimate of drug-likeness (QED) is 0.794. The van der Waals surface area contributed by atoms with Crippen molar-refractivity contribution in [2.24, 2.45) is 11.7 Å². The van der Waals surface area contributed by atoms with Gasteiger partial charge >= 0.3 is 0 Å². The molecule has 0 spiro atoms. The average molecular weight is 373 g/mol. The first kappa shape index (κ1) is 21.5. The number of amides is 1. The highest BCUT2D eigenvalue weighted by molar-refractivity contribution is 5.85. The lowest BCUT2D eigenvalue weighted by atomic mass is 9.91. The maximum Gasteiger partial charge on any atom is 0.240 e. The van der Waals surface area contributed by atoms with E-state index in [0.29, 0.717) is 37.8 Å². The van der Waals surface area contributed by atoms with Gasteiger partial charge in [0.15, 0.2) is 11.5 Å². The molecule has 0 saturated carbocycles. The van der Waals surface area contributed by atoms with Crippen LogP contribution in [0.2, 0.25) is 0 Å². The summed E-state index contributed by atoms with van der Waals surface area (Å²) < 4.78 is 15.9. The first-order chi connectivity index (χ1) is 11.6. The Balaban J connectivity index is 0.00000312. The third kappa shape index (κ3) is 5.49. The molecule has 1 amide bonds. The number of rotatable bonds is 7. The van der Waals surface area contributed by atoms with Gasteiger partial charge in [0.25, 0.3) is 0 Å². The Morgan fingerprint density at radius 3 is 2.48 bits per heavy atom. The highest BCUT2D eigenvalue weighted by Gasteiger charge is 2.29. The molecule has 0 aromatic heterocycles. The van der Waals surface area contributed by atoms with E-state index in [1.165, 1.54) is 0 Å². The molecule has 1 aliphatic heterocycles. The van der Waals surface area contributed by atoms with Crippen molar-refractivity contribution in [3.63, 3.8) is 0 Å². The molecule has 1 fully saturated rings. The molecule has 1 aromatic rings. The van der Waals surface area contributed by atoms with Crippen molar-refractivity contribution in [2.75, 3.05) is 34.0 Å². The SMILES string of the molecule is CCN(Cc1ccc(OC)c(OC)c1)C(=O)C(N)C1CCOCC1.Cl. The fraction of sp³-hybridized carbons (Fsp3) is 0.611. The molecular weight excluding hydrogens is 344 g/mol. The number of ether oxygens (including phenoxy) is 3. The monoisotopic (exact) mass is 372 g/mol. The molecule has 1 atom stereocenters. The molecule has 1 aromatic carbocycles. The van der Waals surface area contributed by atoms with Crippen molar-refractivity contribution in [3.8, 4) is 11.5 Å². The van der Waals surface area contributed by atoms with E-state index in [9.17, 15) is 4.79 Å². The number of hydrogen-bond acceptors (Lipinski definition) is 5. The van der Waals surface area contributed by atoms with Crippen LogP contribution in [0.15, 0.2) is 18.2 Å². The lowest BCUT2D eigenvalue weighted by molar-refractivity contribution is -0.135. The van der Waals surface area contributed by atoms with Crippen LogP contribution in [0.5, 0.6) is 11.5 Å². The number of benzene rings is 1. The predicted octanol–water partition coefficient (Wildman–Crippen LogP) is 2.23. The zero-order chi connectivity index (χ0) is 17.5. The van der Waals surface area contributed by atoms with Crippen LogP contribution < -0.4 is 15.2 Å². The lowest BCUT2D eigenvalue weighted by Crippen LogP contribution is -2.48. The van der Waals surface area contributed by atoms with Crippen LogP contribution >= 0.6 is 12.4 Å². The normalized spacial score (nSPS) is 15.8. The van der Waals surface area contributed by atoms with E-state index in [1.807, 2.05) is 25.1 Å². The molecule has 0 bridgehead atoms. The van der Waals surface area contributed by atoms with Crippen LogP contribution in [0.4, 0.5) is 0 Å². The van der Waals surface area contributed by atoms with Gasteiger partial charge in [-0.15, -0.1) is 12.4 Å². The van der Waals surface area contributed by atoms with Gasteiger partial charge in [0.1, 0.15) is 0 Å². The Bertz CT molecular complexity index is 550. The first-order valence-corrected chi connectivity index (χ1v) is 8.43. The molecule has 1 unspecified atom stereocenters. The molecule has 142 valence electrons. The summed E-state index contributed by atoms with van der Waals surface area (Å²) in [6.45, 7) is 4.47. The molecule has 7 heteroatoms. The van der Waals surface area contributed by atoms with Crippen molar-refractivity contribution >= 4 is 18.3 Å². The molecule has 2 N–H and O–H groups in total. The van der Waals surface area contributed by atoms with E-state index in [1.54, 1.807) is 19.1 Å². The smallest absolute Gasteiger partial charge is 0.240 e. The van der Waals surface area contributed by atoms with Crippen molar-refractivity contribution in [1.82, 2.24) is 4.90 Å². The number of hydrogen-bond donors (Lipinski definition) is 1. The largest absolute Gasteiger partial charge is 0.493 e. The van der Waals surface area contributed by atoms with E-state index in [0.717, 1.165) is 18.4 Å². The summed E-state index contributed by atoms with van der Waals surface area (Å²) in [4.78, 5) is 14.6. The van der Waals surface area contributed by atoms with Gasteiger partial charge in [0.05, 0.1) is 20.3 Å². The predicted molar refractivity (Wildman–Crippen MR) is 99.4 cm³/mol. The molecule has 2 rings (SSSR count). The summed E-state index contributed by atoms with van der Waals surface area (Å²) in [6.07, 6.45) is 1.70. The molecule has 1 aliphatic rings. The summed E-state index contributed by atoms with van der Waals surface area (Å²) >= 11 is 0. The highest BCUT2D eigenvalue weighted by atomic mass is 35.5. The summed E-state index contributed by atoms with van der Waals surface area (Å²) in [5.41, 5.74) is 7.22. The number of methoxy groups -OCH3 is 2. The van der Waals surface area contributed by atoms with Crippen LogP contribution in [0.3, 0.4) is 0 Å². The second-order valence-corrected chi connectivity index (χ2v) is 6.02. The molecule has 0 aliphatic carbocycles. The van der Waals surface area contributed by atoms with Crippen molar-refractivity contribution in [1.29, 1.82) is 0 Å². The Kier molecular flexibility index (Phi) is 9.03. The molecule has 25 heavy (non-hydrogen) atoms. The lowest BCUT2D eigenvalue weighted by Gasteiger charge is -2.31. The van der Waals surface area contributed by atoms with E-state index in [-0.39, 0.29) is 24.2 Å². The van der Waals surface area contributed by atoms with Crippen molar-refractivity contribution in [3.05, 3.63) is 23.8 Å². The van der Waals surface area contributed by atoms with Gasteiger partial charge in [-0.3, -0.25) is 4.79 Å². The zero-order valence-corrected chi connectivity index (χ0v) is 16.0. The van der Waals surface area contributed by atoms with Crippen LogP contribution in [-0.4, -0.2) is 50.8 Å². The molecule has 6 nitrogen and oxygen atoms in total. The van der Waals surface area contributed by atoms with Crippen LogP contribution in [0.1, 0.15) is 25.3 Å². The van der Waals surface area contributed by atoms with Gasteiger partial charge in [-0.2, -0.15) is 0 Å². The van der Waals surface area contributed by atoms with Crippen LogP contribution in [0, 0.1) is 5.92 Å². The number of halogens is 1. The maximum atomic E-state index is 12.8.